The van der Waals surface area contributed by atoms with E-state index in [4.69, 9.17) is 4.74 Å². The minimum Gasteiger partial charge on any atom is -0.348 e. The molecule has 2 aliphatic heterocycles. The summed E-state index contributed by atoms with van der Waals surface area (Å²) in [5, 5.41) is 0. The second-order valence-corrected chi connectivity index (χ2v) is 3.78. The van der Waals surface area contributed by atoms with Crippen LogP contribution in [-0.2, 0) is 4.74 Å². The average molecular weight is 165 g/mol. The molecule has 2 heterocycles. The molecule has 0 aliphatic carbocycles. The molecule has 0 radical (unpaired) electrons. The fourth-order valence-corrected chi connectivity index (χ4v) is 1.74. The summed E-state index contributed by atoms with van der Waals surface area (Å²) in [6.07, 6.45) is 1.47. The summed E-state index contributed by atoms with van der Waals surface area (Å²) < 4.78 is 5.64. The lowest BCUT2D eigenvalue weighted by Gasteiger charge is -2.25. The zero-order valence-electron chi connectivity index (χ0n) is 7.71. The Balaban J connectivity index is 2.03. The number of hydrogen-bond donors (Lipinski definition) is 0. The number of nitrogens with zero attached hydrogens (tertiary/aromatic N) is 1. The Morgan fingerprint density at radius 2 is 2.08 bits per heavy atom. The lowest BCUT2D eigenvalue weighted by Crippen LogP contribution is -2.36. The standard InChI is InChI=1S/C10H15NO/c1-8(2)11-6-5-9-3-4-10(7-11)12-9/h8-10H,5-7H2,1-2H3/t9-,10+/m0/s1. The zero-order chi connectivity index (χ0) is 8.55. The highest BCUT2D eigenvalue weighted by molar-refractivity contribution is 5.17. The molecular formula is C10H15NO. The number of rotatable bonds is 1. The minimum absolute atomic E-state index is 0.180. The van der Waals surface area contributed by atoms with E-state index in [2.05, 4.69) is 30.6 Å². The maximum atomic E-state index is 5.64. The maximum absolute atomic E-state index is 5.64. The predicted octanol–water partition coefficient (Wildman–Crippen LogP) is 0.871. The first-order valence-corrected chi connectivity index (χ1v) is 4.66. The molecule has 2 aliphatic rings. The van der Waals surface area contributed by atoms with Gasteiger partial charge < -0.3 is 4.74 Å². The summed E-state index contributed by atoms with van der Waals surface area (Å²) in [7, 11) is 0. The normalized spacial score (nSPS) is 34.6. The van der Waals surface area contributed by atoms with E-state index in [1.54, 1.807) is 0 Å². The molecule has 12 heavy (non-hydrogen) atoms. The van der Waals surface area contributed by atoms with Gasteiger partial charge in [0.2, 0.25) is 0 Å². The van der Waals surface area contributed by atoms with Crippen molar-refractivity contribution in [1.29, 1.82) is 0 Å². The van der Waals surface area contributed by atoms with E-state index >= 15 is 0 Å². The predicted molar refractivity (Wildman–Crippen MR) is 47.8 cm³/mol. The summed E-state index contributed by atoms with van der Waals surface area (Å²) >= 11 is 0. The molecule has 2 nitrogen and oxygen atoms in total. The summed E-state index contributed by atoms with van der Waals surface area (Å²) in [5.41, 5.74) is 0. The fraction of sp³-hybridized carbons (Fsp3) is 0.800. The van der Waals surface area contributed by atoms with E-state index in [0.29, 0.717) is 6.04 Å². The molecule has 0 spiro atoms. The Morgan fingerprint density at radius 1 is 1.33 bits per heavy atom. The Bertz CT molecular complexity index is 226. The third-order valence-corrected chi connectivity index (χ3v) is 2.54. The monoisotopic (exact) mass is 165 g/mol. The summed E-state index contributed by atoms with van der Waals surface area (Å²) in [4.78, 5) is 2.44. The molecule has 0 amide bonds. The van der Waals surface area contributed by atoms with Gasteiger partial charge in [0.05, 0.1) is 0 Å². The molecule has 2 rings (SSSR count). The van der Waals surface area contributed by atoms with Crippen molar-refractivity contribution in [1.82, 2.24) is 4.90 Å². The highest BCUT2D eigenvalue weighted by Crippen LogP contribution is 2.16. The van der Waals surface area contributed by atoms with Crippen LogP contribution in [0.15, 0.2) is 0 Å². The Hall–Kier alpha value is -0.520. The first-order valence-electron chi connectivity index (χ1n) is 4.66. The Labute approximate surface area is 73.9 Å². The molecule has 0 N–H and O–H groups in total. The Morgan fingerprint density at radius 3 is 2.83 bits per heavy atom. The topological polar surface area (TPSA) is 12.5 Å². The zero-order valence-corrected chi connectivity index (χ0v) is 7.71. The van der Waals surface area contributed by atoms with Crippen LogP contribution < -0.4 is 0 Å². The third-order valence-electron chi connectivity index (χ3n) is 2.54. The molecule has 66 valence electrons. The quantitative estimate of drug-likeness (QED) is 0.535. The summed E-state index contributed by atoms with van der Waals surface area (Å²) in [5.74, 6) is 6.25. The van der Waals surface area contributed by atoms with Gasteiger partial charge in [-0.05, 0) is 20.3 Å². The van der Waals surface area contributed by atoms with Gasteiger partial charge in [-0.25, -0.2) is 0 Å². The largest absolute Gasteiger partial charge is 0.348 e. The molecular weight excluding hydrogens is 150 g/mol. The number of hydrogen-bond acceptors (Lipinski definition) is 2. The van der Waals surface area contributed by atoms with Crippen LogP contribution in [0.4, 0.5) is 0 Å². The molecule has 1 saturated heterocycles. The van der Waals surface area contributed by atoms with Gasteiger partial charge in [-0.15, -0.1) is 0 Å². The highest BCUT2D eigenvalue weighted by Gasteiger charge is 2.26. The molecule has 0 aromatic carbocycles. The van der Waals surface area contributed by atoms with Crippen molar-refractivity contribution in [2.24, 2.45) is 0 Å². The van der Waals surface area contributed by atoms with Crippen molar-refractivity contribution in [3.63, 3.8) is 0 Å². The van der Waals surface area contributed by atoms with E-state index in [1.165, 1.54) is 0 Å². The summed E-state index contributed by atoms with van der Waals surface area (Å²) in [6, 6.07) is 0.620. The molecule has 0 unspecified atom stereocenters. The van der Waals surface area contributed by atoms with E-state index in [0.717, 1.165) is 19.5 Å². The lowest BCUT2D eigenvalue weighted by molar-refractivity contribution is 0.0667. The van der Waals surface area contributed by atoms with E-state index < -0.39 is 0 Å². The van der Waals surface area contributed by atoms with Crippen LogP contribution in [0.3, 0.4) is 0 Å². The van der Waals surface area contributed by atoms with Crippen LogP contribution >= 0.6 is 0 Å². The van der Waals surface area contributed by atoms with Gasteiger partial charge in [0.25, 0.3) is 0 Å². The van der Waals surface area contributed by atoms with E-state index in [-0.39, 0.29) is 12.2 Å². The van der Waals surface area contributed by atoms with Gasteiger partial charge in [0.1, 0.15) is 12.2 Å². The van der Waals surface area contributed by atoms with Crippen molar-refractivity contribution in [3.05, 3.63) is 0 Å². The van der Waals surface area contributed by atoms with Crippen molar-refractivity contribution >= 4 is 0 Å². The van der Waals surface area contributed by atoms with Gasteiger partial charge in [0.15, 0.2) is 0 Å². The second-order valence-electron chi connectivity index (χ2n) is 3.78. The number of ether oxygens (including phenoxy) is 1. The molecule has 0 saturated carbocycles. The molecule has 2 atom stereocenters. The van der Waals surface area contributed by atoms with Gasteiger partial charge in [0, 0.05) is 19.1 Å². The van der Waals surface area contributed by atoms with Crippen LogP contribution in [0.2, 0.25) is 0 Å². The van der Waals surface area contributed by atoms with Gasteiger partial charge in [-0.2, -0.15) is 0 Å². The van der Waals surface area contributed by atoms with E-state index in [1.807, 2.05) is 0 Å². The van der Waals surface area contributed by atoms with Crippen LogP contribution in [0, 0.1) is 11.8 Å². The van der Waals surface area contributed by atoms with Crippen molar-refractivity contribution in [3.8, 4) is 11.8 Å². The smallest absolute Gasteiger partial charge is 0.132 e. The van der Waals surface area contributed by atoms with Crippen molar-refractivity contribution in [2.75, 3.05) is 13.1 Å². The molecule has 2 heteroatoms. The molecule has 0 aromatic heterocycles. The van der Waals surface area contributed by atoms with Gasteiger partial charge in [-0.1, -0.05) is 11.8 Å². The van der Waals surface area contributed by atoms with Crippen molar-refractivity contribution in [2.45, 2.75) is 38.5 Å². The van der Waals surface area contributed by atoms with Crippen LogP contribution in [-0.4, -0.2) is 36.2 Å². The van der Waals surface area contributed by atoms with Gasteiger partial charge in [-0.3, -0.25) is 4.90 Å². The van der Waals surface area contributed by atoms with Crippen LogP contribution in [0.1, 0.15) is 20.3 Å². The SMILES string of the molecule is CC(C)N1CC[C@@H]2C#C[C@H](C1)O2. The summed E-state index contributed by atoms with van der Waals surface area (Å²) in [6.45, 7) is 6.58. The van der Waals surface area contributed by atoms with Crippen LogP contribution in [0.5, 0.6) is 0 Å². The molecule has 2 bridgehead atoms. The third kappa shape index (κ3) is 1.48. The molecule has 1 fully saturated rings. The average Bonchev–Trinajstić information content (AvgIpc) is 2.29. The first-order chi connectivity index (χ1) is 5.75. The molecule has 0 aromatic rings. The fourth-order valence-electron chi connectivity index (χ4n) is 1.74. The van der Waals surface area contributed by atoms with Crippen LogP contribution in [0.25, 0.3) is 0 Å². The Kier molecular flexibility index (Phi) is 2.08. The van der Waals surface area contributed by atoms with E-state index in [9.17, 15) is 0 Å². The van der Waals surface area contributed by atoms with Gasteiger partial charge >= 0.3 is 0 Å². The second kappa shape index (κ2) is 3.08. The lowest BCUT2D eigenvalue weighted by atomic mass is 10.2. The minimum atomic E-state index is 0.180. The first kappa shape index (κ1) is 8.10. The van der Waals surface area contributed by atoms with Crippen molar-refractivity contribution < 1.29 is 4.74 Å². The number of fused-ring (bicyclic) bond motifs is 2. The maximum Gasteiger partial charge on any atom is 0.132 e. The highest BCUT2D eigenvalue weighted by atomic mass is 16.5.